The number of thioether (sulfide) groups is 1. The molecule has 1 aliphatic heterocycles. The van der Waals surface area contributed by atoms with E-state index in [4.69, 9.17) is 9.63 Å². The zero-order chi connectivity index (χ0) is 12.3. The van der Waals surface area contributed by atoms with Gasteiger partial charge in [0.15, 0.2) is 11.5 Å². The molecule has 1 atom stereocenters. The third-order valence-corrected chi connectivity index (χ3v) is 4.41. The second-order valence-corrected chi connectivity index (χ2v) is 6.17. The van der Waals surface area contributed by atoms with Gasteiger partial charge in [0.25, 0.3) is 0 Å². The number of carbonyl (C=O) groups is 1. The Morgan fingerprint density at radius 1 is 1.76 bits per heavy atom. The molecule has 0 bridgehead atoms. The molecule has 1 fully saturated rings. The first-order chi connectivity index (χ1) is 8.09. The van der Waals surface area contributed by atoms with Crippen LogP contribution in [0.3, 0.4) is 0 Å². The molecule has 2 rings (SSSR count). The van der Waals surface area contributed by atoms with E-state index < -0.39 is 5.97 Å². The molecule has 6 heteroatoms. The summed E-state index contributed by atoms with van der Waals surface area (Å²) in [5.41, 5.74) is -0.0387. The second kappa shape index (κ2) is 5.10. The second-order valence-electron chi connectivity index (χ2n) is 4.49. The average molecular weight is 256 g/mol. The molecule has 1 aromatic heterocycles. The first-order valence-corrected chi connectivity index (χ1v) is 6.61. The van der Waals surface area contributed by atoms with Gasteiger partial charge in [0.1, 0.15) is 0 Å². The minimum atomic E-state index is -1.06. The smallest absolute Gasteiger partial charge is 0.358 e. The zero-order valence-electron chi connectivity index (χ0n) is 9.73. The Hall–Kier alpha value is -1.01. The summed E-state index contributed by atoms with van der Waals surface area (Å²) in [6, 6.07) is 1.46. The molecule has 94 valence electrons. The van der Waals surface area contributed by atoms with Gasteiger partial charge < -0.3 is 14.9 Å². The summed E-state index contributed by atoms with van der Waals surface area (Å²) in [6.45, 7) is 3.68. The summed E-state index contributed by atoms with van der Waals surface area (Å²) >= 11 is 1.99. The maximum absolute atomic E-state index is 10.6. The standard InChI is InChI=1S/C11H16N2O3S/c1-11(3-2-4-17-11)7-12-6-8-5-9(10(14)15)13-16-8/h5,12H,2-4,6-7H2,1H3,(H,14,15). The van der Waals surface area contributed by atoms with Crippen molar-refractivity contribution in [3.05, 3.63) is 17.5 Å². The van der Waals surface area contributed by atoms with Crippen LogP contribution in [0, 0.1) is 0 Å². The Labute approximate surface area is 104 Å². The fourth-order valence-corrected chi connectivity index (χ4v) is 3.20. The molecule has 1 unspecified atom stereocenters. The van der Waals surface area contributed by atoms with E-state index in [0.717, 1.165) is 6.54 Å². The molecule has 2 N–H and O–H groups in total. The number of hydrogen-bond acceptors (Lipinski definition) is 5. The van der Waals surface area contributed by atoms with E-state index in [1.165, 1.54) is 24.7 Å². The fraction of sp³-hybridized carbons (Fsp3) is 0.636. The van der Waals surface area contributed by atoms with E-state index in [0.29, 0.717) is 17.1 Å². The Kier molecular flexibility index (Phi) is 3.73. The molecule has 0 amide bonds. The fourth-order valence-electron chi connectivity index (χ4n) is 1.92. The van der Waals surface area contributed by atoms with Gasteiger partial charge in [-0.3, -0.25) is 0 Å². The molecule has 0 spiro atoms. The normalized spacial score (nSPS) is 24.1. The van der Waals surface area contributed by atoms with Gasteiger partial charge in [-0.2, -0.15) is 11.8 Å². The molecule has 0 radical (unpaired) electrons. The lowest BCUT2D eigenvalue weighted by Gasteiger charge is -2.22. The van der Waals surface area contributed by atoms with Gasteiger partial charge >= 0.3 is 5.97 Å². The number of hydrogen-bond donors (Lipinski definition) is 2. The van der Waals surface area contributed by atoms with Crippen LogP contribution in [0.25, 0.3) is 0 Å². The van der Waals surface area contributed by atoms with Crippen LogP contribution in [0.5, 0.6) is 0 Å². The molecule has 1 aromatic rings. The van der Waals surface area contributed by atoms with Crippen LogP contribution in [0.1, 0.15) is 36.0 Å². The van der Waals surface area contributed by atoms with Gasteiger partial charge in [0.05, 0.1) is 6.54 Å². The Balaban J connectivity index is 1.79. The monoisotopic (exact) mass is 256 g/mol. The Morgan fingerprint density at radius 2 is 2.59 bits per heavy atom. The van der Waals surface area contributed by atoms with Crippen molar-refractivity contribution in [2.45, 2.75) is 31.1 Å². The van der Waals surface area contributed by atoms with Gasteiger partial charge in [0, 0.05) is 17.4 Å². The number of rotatable bonds is 5. The minimum absolute atomic E-state index is 0.0387. The van der Waals surface area contributed by atoms with E-state index in [1.807, 2.05) is 11.8 Å². The zero-order valence-corrected chi connectivity index (χ0v) is 10.5. The summed E-state index contributed by atoms with van der Waals surface area (Å²) in [6.07, 6.45) is 2.50. The lowest BCUT2D eigenvalue weighted by atomic mass is 10.1. The predicted octanol–water partition coefficient (Wildman–Crippen LogP) is 1.75. The number of carboxylic acid groups (broad SMARTS) is 1. The largest absolute Gasteiger partial charge is 0.476 e. The topological polar surface area (TPSA) is 75.4 Å². The molecule has 5 nitrogen and oxygen atoms in total. The SMILES string of the molecule is CC1(CNCc2cc(C(=O)O)no2)CCCS1. The van der Waals surface area contributed by atoms with Crippen molar-refractivity contribution >= 4 is 17.7 Å². The molecular formula is C11H16N2O3S. The first kappa shape index (κ1) is 12.4. The number of nitrogens with one attached hydrogen (secondary N) is 1. The van der Waals surface area contributed by atoms with Crippen LogP contribution in [0.15, 0.2) is 10.6 Å². The lowest BCUT2D eigenvalue weighted by molar-refractivity contribution is 0.0685. The molecule has 0 aromatic carbocycles. The highest BCUT2D eigenvalue weighted by Crippen LogP contribution is 2.36. The summed E-state index contributed by atoms with van der Waals surface area (Å²) in [7, 11) is 0. The van der Waals surface area contributed by atoms with Crippen molar-refractivity contribution in [2.75, 3.05) is 12.3 Å². The van der Waals surface area contributed by atoms with Crippen LogP contribution in [-0.4, -0.2) is 33.3 Å². The van der Waals surface area contributed by atoms with Gasteiger partial charge in [-0.25, -0.2) is 4.79 Å². The highest BCUT2D eigenvalue weighted by molar-refractivity contribution is 8.00. The summed E-state index contributed by atoms with van der Waals surface area (Å²) in [5.74, 6) is 0.733. The molecule has 0 saturated carbocycles. The Morgan fingerprint density at radius 3 is 3.18 bits per heavy atom. The summed E-state index contributed by atoms with van der Waals surface area (Å²) in [4.78, 5) is 10.6. The van der Waals surface area contributed by atoms with Crippen LogP contribution in [0.4, 0.5) is 0 Å². The van der Waals surface area contributed by atoms with Crippen LogP contribution >= 0.6 is 11.8 Å². The highest BCUT2D eigenvalue weighted by atomic mass is 32.2. The summed E-state index contributed by atoms with van der Waals surface area (Å²) in [5, 5.41) is 15.4. The van der Waals surface area contributed by atoms with E-state index in [-0.39, 0.29) is 5.69 Å². The van der Waals surface area contributed by atoms with Crippen molar-refractivity contribution in [1.82, 2.24) is 10.5 Å². The maximum Gasteiger partial charge on any atom is 0.358 e. The van der Waals surface area contributed by atoms with E-state index in [2.05, 4.69) is 17.4 Å². The molecular weight excluding hydrogens is 240 g/mol. The van der Waals surface area contributed by atoms with Crippen molar-refractivity contribution < 1.29 is 14.4 Å². The van der Waals surface area contributed by atoms with Crippen LogP contribution < -0.4 is 5.32 Å². The third kappa shape index (κ3) is 3.23. The van der Waals surface area contributed by atoms with E-state index >= 15 is 0 Å². The van der Waals surface area contributed by atoms with Crippen molar-refractivity contribution in [1.29, 1.82) is 0 Å². The number of aromatic carboxylic acids is 1. The number of carboxylic acids is 1. The third-order valence-electron chi connectivity index (χ3n) is 2.88. The molecule has 2 heterocycles. The lowest BCUT2D eigenvalue weighted by Crippen LogP contribution is -2.32. The number of nitrogens with zero attached hydrogens (tertiary/aromatic N) is 1. The van der Waals surface area contributed by atoms with Crippen LogP contribution in [-0.2, 0) is 6.54 Å². The number of aromatic nitrogens is 1. The molecule has 0 aliphatic carbocycles. The maximum atomic E-state index is 10.6. The average Bonchev–Trinajstić information content (AvgIpc) is 2.88. The van der Waals surface area contributed by atoms with Crippen molar-refractivity contribution in [3.63, 3.8) is 0 Å². The molecule has 17 heavy (non-hydrogen) atoms. The summed E-state index contributed by atoms with van der Waals surface area (Å²) < 4.78 is 5.22. The van der Waals surface area contributed by atoms with E-state index in [9.17, 15) is 4.79 Å². The van der Waals surface area contributed by atoms with Crippen molar-refractivity contribution in [2.24, 2.45) is 0 Å². The molecule has 1 saturated heterocycles. The minimum Gasteiger partial charge on any atom is -0.476 e. The van der Waals surface area contributed by atoms with Gasteiger partial charge in [0.2, 0.25) is 0 Å². The Bertz CT molecular complexity index is 399. The van der Waals surface area contributed by atoms with Gasteiger partial charge in [-0.1, -0.05) is 5.16 Å². The predicted molar refractivity (Wildman–Crippen MR) is 65.3 cm³/mol. The molecule has 1 aliphatic rings. The highest BCUT2D eigenvalue weighted by Gasteiger charge is 2.28. The quantitative estimate of drug-likeness (QED) is 0.836. The van der Waals surface area contributed by atoms with Gasteiger partial charge in [-0.15, -0.1) is 0 Å². The van der Waals surface area contributed by atoms with Gasteiger partial charge in [-0.05, 0) is 25.5 Å². The van der Waals surface area contributed by atoms with Crippen LogP contribution in [0.2, 0.25) is 0 Å². The van der Waals surface area contributed by atoms with E-state index in [1.54, 1.807) is 0 Å². The first-order valence-electron chi connectivity index (χ1n) is 5.63. The van der Waals surface area contributed by atoms with Crippen molar-refractivity contribution in [3.8, 4) is 0 Å².